The van der Waals surface area contributed by atoms with Crippen LogP contribution in [0.1, 0.15) is 23.3 Å². The van der Waals surface area contributed by atoms with Gasteiger partial charge in [0.15, 0.2) is 0 Å². The lowest BCUT2D eigenvalue weighted by Crippen LogP contribution is -2.13. The third kappa shape index (κ3) is 4.65. The minimum Gasteiger partial charge on any atom is -0.461 e. The summed E-state index contributed by atoms with van der Waals surface area (Å²) >= 11 is 3.40. The van der Waals surface area contributed by atoms with Crippen molar-refractivity contribution in [2.45, 2.75) is 25.9 Å². The molecule has 0 radical (unpaired) electrons. The van der Waals surface area contributed by atoms with Gasteiger partial charge in [-0.1, -0.05) is 30.3 Å². The summed E-state index contributed by atoms with van der Waals surface area (Å²) in [5.41, 5.74) is 0.853. The first kappa shape index (κ1) is 20.2. The molecule has 0 aliphatic heterocycles. The number of anilines is 1. The number of furan rings is 1. The number of amides is 1. The highest BCUT2D eigenvalue weighted by molar-refractivity contribution is 9.10. The van der Waals surface area contributed by atoms with Crippen molar-refractivity contribution < 1.29 is 22.4 Å². The minimum absolute atomic E-state index is 0.0189. The number of nitrogens with one attached hydrogen (secondary N) is 1. The first-order valence-corrected chi connectivity index (χ1v) is 9.35. The number of aryl methyl sites for hydroxylation is 2. The van der Waals surface area contributed by atoms with Gasteiger partial charge in [0.1, 0.15) is 11.5 Å². The van der Waals surface area contributed by atoms with Crippen LogP contribution in [0.3, 0.4) is 0 Å². The molecule has 0 atom stereocenters. The maximum Gasteiger partial charge on any atom is 0.417 e. The average Bonchev–Trinajstić information content (AvgIpc) is 3.11. The SMILES string of the molecule is Cc1cccc(Br)c1NC(=O)CCc1ccc(-c2ccccc2C(F)(F)F)o1. The topological polar surface area (TPSA) is 42.2 Å². The Morgan fingerprint density at radius 1 is 1.07 bits per heavy atom. The largest absolute Gasteiger partial charge is 0.461 e. The molecule has 0 fully saturated rings. The van der Waals surface area contributed by atoms with Crippen molar-refractivity contribution in [1.82, 2.24) is 0 Å². The second-order valence-electron chi connectivity index (χ2n) is 6.29. The molecule has 146 valence electrons. The molecule has 3 aromatic rings. The predicted octanol–water partition coefficient (Wildman–Crippen LogP) is 6.61. The minimum atomic E-state index is -4.47. The zero-order valence-corrected chi connectivity index (χ0v) is 16.5. The normalized spacial score (nSPS) is 11.5. The molecule has 1 amide bonds. The monoisotopic (exact) mass is 451 g/mol. The van der Waals surface area contributed by atoms with Crippen LogP contribution in [0.5, 0.6) is 0 Å². The van der Waals surface area contributed by atoms with E-state index < -0.39 is 11.7 Å². The molecule has 1 N–H and O–H groups in total. The number of hydrogen-bond donors (Lipinski definition) is 1. The Bertz CT molecular complexity index is 975. The highest BCUT2D eigenvalue weighted by Gasteiger charge is 2.34. The molecular weight excluding hydrogens is 435 g/mol. The van der Waals surface area contributed by atoms with E-state index in [1.165, 1.54) is 24.3 Å². The molecule has 0 saturated heterocycles. The number of benzene rings is 2. The lowest BCUT2D eigenvalue weighted by atomic mass is 10.1. The lowest BCUT2D eigenvalue weighted by Gasteiger charge is -2.11. The number of alkyl halides is 3. The fourth-order valence-corrected chi connectivity index (χ4v) is 3.40. The summed E-state index contributed by atoms with van der Waals surface area (Å²) in [6, 6.07) is 13.9. The molecular formula is C21H17BrF3NO2. The van der Waals surface area contributed by atoms with Crippen LogP contribution in [0.15, 0.2) is 63.5 Å². The van der Waals surface area contributed by atoms with Gasteiger partial charge in [-0.3, -0.25) is 4.79 Å². The van der Waals surface area contributed by atoms with E-state index in [9.17, 15) is 18.0 Å². The fourth-order valence-electron chi connectivity index (χ4n) is 2.83. The first-order chi connectivity index (χ1) is 13.3. The maximum absolute atomic E-state index is 13.2. The second-order valence-corrected chi connectivity index (χ2v) is 7.14. The zero-order valence-electron chi connectivity index (χ0n) is 14.9. The number of halogens is 4. The van der Waals surface area contributed by atoms with E-state index in [1.807, 2.05) is 25.1 Å². The van der Waals surface area contributed by atoms with Crippen LogP contribution in [-0.2, 0) is 17.4 Å². The molecule has 28 heavy (non-hydrogen) atoms. The van der Waals surface area contributed by atoms with Crippen LogP contribution in [0, 0.1) is 6.92 Å². The van der Waals surface area contributed by atoms with Gasteiger partial charge in [-0.15, -0.1) is 0 Å². The molecule has 1 heterocycles. The highest BCUT2D eigenvalue weighted by atomic mass is 79.9. The van der Waals surface area contributed by atoms with Crippen molar-refractivity contribution in [2.75, 3.05) is 5.32 Å². The van der Waals surface area contributed by atoms with E-state index in [4.69, 9.17) is 4.42 Å². The molecule has 0 aliphatic rings. The van der Waals surface area contributed by atoms with Crippen LogP contribution < -0.4 is 5.32 Å². The van der Waals surface area contributed by atoms with Crippen LogP contribution in [-0.4, -0.2) is 5.91 Å². The highest BCUT2D eigenvalue weighted by Crippen LogP contribution is 2.37. The van der Waals surface area contributed by atoms with Gasteiger partial charge in [-0.05, 0) is 52.7 Å². The molecule has 0 unspecified atom stereocenters. The van der Waals surface area contributed by atoms with Gasteiger partial charge in [0.05, 0.1) is 11.3 Å². The molecule has 1 aromatic heterocycles. The number of para-hydroxylation sites is 1. The average molecular weight is 452 g/mol. The van der Waals surface area contributed by atoms with Crippen LogP contribution in [0.2, 0.25) is 0 Å². The predicted molar refractivity (Wildman–Crippen MR) is 105 cm³/mol. The van der Waals surface area contributed by atoms with Crippen molar-refractivity contribution in [3.8, 4) is 11.3 Å². The van der Waals surface area contributed by atoms with Crippen molar-refractivity contribution in [2.24, 2.45) is 0 Å². The van der Waals surface area contributed by atoms with Crippen LogP contribution >= 0.6 is 15.9 Å². The summed E-state index contributed by atoms with van der Waals surface area (Å²) in [4.78, 5) is 12.2. The molecule has 7 heteroatoms. The van der Waals surface area contributed by atoms with Crippen molar-refractivity contribution in [1.29, 1.82) is 0 Å². The first-order valence-electron chi connectivity index (χ1n) is 8.56. The number of carbonyl (C=O) groups excluding carboxylic acids is 1. The van der Waals surface area contributed by atoms with Gasteiger partial charge in [0, 0.05) is 22.9 Å². The molecule has 3 rings (SSSR count). The fraction of sp³-hybridized carbons (Fsp3) is 0.190. The van der Waals surface area contributed by atoms with Crippen LogP contribution in [0.25, 0.3) is 11.3 Å². The van der Waals surface area contributed by atoms with E-state index in [0.29, 0.717) is 11.4 Å². The summed E-state index contributed by atoms with van der Waals surface area (Å²) in [6.07, 6.45) is -4.04. The Morgan fingerprint density at radius 2 is 1.82 bits per heavy atom. The summed E-state index contributed by atoms with van der Waals surface area (Å²) in [7, 11) is 0. The number of carbonyl (C=O) groups is 1. The summed E-state index contributed by atoms with van der Waals surface area (Å²) < 4.78 is 45.9. The Morgan fingerprint density at radius 3 is 2.54 bits per heavy atom. The molecule has 0 aliphatic carbocycles. The van der Waals surface area contributed by atoms with Crippen molar-refractivity contribution >= 4 is 27.5 Å². The van der Waals surface area contributed by atoms with Crippen molar-refractivity contribution in [3.63, 3.8) is 0 Å². The Hall–Kier alpha value is -2.54. The summed E-state index contributed by atoms with van der Waals surface area (Å²) in [5.74, 6) is 0.375. The van der Waals surface area contributed by atoms with E-state index in [2.05, 4.69) is 21.2 Å². The van der Waals surface area contributed by atoms with Gasteiger partial charge in [0.2, 0.25) is 5.91 Å². The van der Waals surface area contributed by atoms with E-state index in [1.54, 1.807) is 6.07 Å². The van der Waals surface area contributed by atoms with Crippen LogP contribution in [0.4, 0.5) is 18.9 Å². The van der Waals surface area contributed by atoms with E-state index >= 15 is 0 Å². The lowest BCUT2D eigenvalue weighted by molar-refractivity contribution is -0.137. The van der Waals surface area contributed by atoms with Gasteiger partial charge in [-0.25, -0.2) is 0 Å². The Balaban J connectivity index is 1.68. The van der Waals surface area contributed by atoms with Gasteiger partial charge in [0.25, 0.3) is 0 Å². The third-order valence-electron chi connectivity index (χ3n) is 4.24. The summed E-state index contributed by atoms with van der Waals surface area (Å²) in [5, 5.41) is 2.84. The standard InChI is InChI=1S/C21H17BrF3NO2/c1-13-5-4-8-17(22)20(13)26-19(27)12-10-14-9-11-18(28-14)15-6-2-3-7-16(15)21(23,24)25/h2-9,11H,10,12H2,1H3,(H,26,27). The van der Waals surface area contributed by atoms with Gasteiger partial charge >= 0.3 is 6.18 Å². The Kier molecular flexibility index (Phi) is 5.93. The van der Waals surface area contributed by atoms with E-state index in [-0.39, 0.29) is 30.1 Å². The van der Waals surface area contributed by atoms with Gasteiger partial charge in [-0.2, -0.15) is 13.2 Å². The summed E-state index contributed by atoms with van der Waals surface area (Å²) in [6.45, 7) is 1.89. The quantitative estimate of drug-likeness (QED) is 0.474. The van der Waals surface area contributed by atoms with E-state index in [0.717, 1.165) is 16.1 Å². The smallest absolute Gasteiger partial charge is 0.417 e. The van der Waals surface area contributed by atoms with Gasteiger partial charge < -0.3 is 9.73 Å². The molecule has 2 aromatic carbocycles. The number of rotatable bonds is 5. The zero-order chi connectivity index (χ0) is 20.3. The Labute approximate surface area is 168 Å². The number of hydrogen-bond acceptors (Lipinski definition) is 2. The molecule has 0 spiro atoms. The maximum atomic E-state index is 13.2. The third-order valence-corrected chi connectivity index (χ3v) is 4.91. The second kappa shape index (κ2) is 8.22. The van der Waals surface area contributed by atoms with Crippen molar-refractivity contribution in [3.05, 3.63) is 76.0 Å². The molecule has 0 bridgehead atoms. The molecule has 0 saturated carbocycles. The molecule has 3 nitrogen and oxygen atoms in total.